The molecule has 146 valence electrons. The number of morpholine rings is 1. The number of hydrogen-bond donors (Lipinski definition) is 0. The topological polar surface area (TPSA) is 59.1 Å². The molecule has 1 atom stereocenters. The maximum absolute atomic E-state index is 13.2. The Kier molecular flexibility index (Phi) is 5.08. The second-order valence-corrected chi connectivity index (χ2v) is 7.73. The highest BCUT2D eigenvalue weighted by atomic mass is 16.5. The largest absolute Gasteiger partial charge is 0.493 e. The molecule has 2 saturated heterocycles. The van der Waals surface area contributed by atoms with Gasteiger partial charge >= 0.3 is 0 Å². The van der Waals surface area contributed by atoms with E-state index >= 15 is 0 Å². The quantitative estimate of drug-likeness (QED) is 0.815. The molecular weight excluding hydrogens is 344 g/mol. The summed E-state index contributed by atoms with van der Waals surface area (Å²) >= 11 is 0. The van der Waals surface area contributed by atoms with Gasteiger partial charge < -0.3 is 19.3 Å². The van der Waals surface area contributed by atoms with Gasteiger partial charge in [0.2, 0.25) is 5.91 Å². The molecule has 6 nitrogen and oxygen atoms in total. The van der Waals surface area contributed by atoms with Crippen molar-refractivity contribution >= 4 is 11.8 Å². The number of nitrogens with zero attached hydrogens (tertiary/aromatic N) is 2. The van der Waals surface area contributed by atoms with Gasteiger partial charge in [0.05, 0.1) is 24.4 Å². The SMILES string of the molecule is CCOc1ccccc1C(=O)N1CCCC1C(=O)N1CCOC2(CCC2)C1. The van der Waals surface area contributed by atoms with Crippen LogP contribution in [0.3, 0.4) is 0 Å². The summed E-state index contributed by atoms with van der Waals surface area (Å²) in [5, 5.41) is 0. The second kappa shape index (κ2) is 7.50. The molecule has 6 heteroatoms. The Balaban J connectivity index is 1.50. The van der Waals surface area contributed by atoms with Gasteiger partial charge in [0.25, 0.3) is 5.91 Å². The lowest BCUT2D eigenvalue weighted by molar-refractivity contribution is -0.170. The molecule has 0 N–H and O–H groups in total. The summed E-state index contributed by atoms with van der Waals surface area (Å²) in [4.78, 5) is 30.1. The summed E-state index contributed by atoms with van der Waals surface area (Å²) in [6.45, 7) is 4.90. The Labute approximate surface area is 160 Å². The van der Waals surface area contributed by atoms with Gasteiger partial charge in [-0.3, -0.25) is 9.59 Å². The molecule has 3 fully saturated rings. The molecule has 27 heavy (non-hydrogen) atoms. The molecule has 1 unspecified atom stereocenters. The van der Waals surface area contributed by atoms with Gasteiger partial charge in [-0.05, 0) is 51.2 Å². The fourth-order valence-electron chi connectivity index (χ4n) is 4.46. The molecule has 4 rings (SSSR count). The zero-order valence-corrected chi connectivity index (χ0v) is 16.0. The minimum absolute atomic E-state index is 0.0734. The fourth-order valence-corrected chi connectivity index (χ4v) is 4.46. The molecule has 1 aliphatic carbocycles. The first-order valence-electron chi connectivity index (χ1n) is 10.1. The predicted molar refractivity (Wildman–Crippen MR) is 101 cm³/mol. The highest BCUT2D eigenvalue weighted by Crippen LogP contribution is 2.38. The number of likely N-dealkylation sites (tertiary alicyclic amines) is 1. The standard InChI is InChI=1S/C21H28N2O4/c1-2-26-18-9-4-3-7-16(18)19(24)23-12-5-8-17(23)20(25)22-13-14-27-21(15-22)10-6-11-21/h3-4,7,9,17H,2,5-6,8,10-15H2,1H3. The van der Waals surface area contributed by atoms with Crippen LogP contribution in [0.15, 0.2) is 24.3 Å². The van der Waals surface area contributed by atoms with Crippen LogP contribution in [0.1, 0.15) is 49.4 Å². The molecule has 2 aliphatic heterocycles. The van der Waals surface area contributed by atoms with Crippen molar-refractivity contribution in [3.8, 4) is 5.75 Å². The van der Waals surface area contributed by atoms with Crippen molar-refractivity contribution in [1.82, 2.24) is 9.80 Å². The third-order valence-electron chi connectivity index (χ3n) is 6.04. The van der Waals surface area contributed by atoms with Crippen LogP contribution in [-0.2, 0) is 9.53 Å². The molecule has 2 amide bonds. The summed E-state index contributed by atoms with van der Waals surface area (Å²) in [6, 6.07) is 6.92. The van der Waals surface area contributed by atoms with Crippen molar-refractivity contribution in [3.05, 3.63) is 29.8 Å². The number of carbonyl (C=O) groups excluding carboxylic acids is 2. The number of benzene rings is 1. The predicted octanol–water partition coefficient (Wildman–Crippen LogP) is 2.47. The summed E-state index contributed by atoms with van der Waals surface area (Å²) in [5.74, 6) is 0.550. The van der Waals surface area contributed by atoms with E-state index in [2.05, 4.69) is 0 Å². The smallest absolute Gasteiger partial charge is 0.258 e. The van der Waals surface area contributed by atoms with E-state index in [1.54, 1.807) is 11.0 Å². The molecular formula is C21H28N2O4. The maximum Gasteiger partial charge on any atom is 0.258 e. The van der Waals surface area contributed by atoms with E-state index in [1.165, 1.54) is 6.42 Å². The lowest BCUT2D eigenvalue weighted by Gasteiger charge is -2.49. The summed E-state index contributed by atoms with van der Waals surface area (Å²) in [7, 11) is 0. The summed E-state index contributed by atoms with van der Waals surface area (Å²) in [5.41, 5.74) is 0.416. The Bertz CT molecular complexity index is 716. The highest BCUT2D eigenvalue weighted by molar-refractivity contribution is 6.00. The lowest BCUT2D eigenvalue weighted by atomic mass is 9.78. The van der Waals surface area contributed by atoms with E-state index in [0.717, 1.165) is 25.7 Å². The first-order valence-corrected chi connectivity index (χ1v) is 10.1. The van der Waals surface area contributed by atoms with Crippen molar-refractivity contribution in [2.45, 2.75) is 50.7 Å². The van der Waals surface area contributed by atoms with Crippen molar-refractivity contribution in [2.75, 3.05) is 32.8 Å². The molecule has 2 heterocycles. The van der Waals surface area contributed by atoms with Crippen LogP contribution in [0, 0.1) is 0 Å². The number of hydrogen-bond acceptors (Lipinski definition) is 4. The Morgan fingerprint density at radius 2 is 2.04 bits per heavy atom. The van der Waals surface area contributed by atoms with Crippen LogP contribution in [0.5, 0.6) is 5.75 Å². The third kappa shape index (κ3) is 3.43. The minimum atomic E-state index is -0.373. The van der Waals surface area contributed by atoms with Crippen LogP contribution >= 0.6 is 0 Å². The number of carbonyl (C=O) groups is 2. The van der Waals surface area contributed by atoms with E-state index in [0.29, 0.717) is 44.2 Å². The van der Waals surface area contributed by atoms with Crippen molar-refractivity contribution in [3.63, 3.8) is 0 Å². The number of ether oxygens (including phenoxy) is 2. The Morgan fingerprint density at radius 3 is 2.78 bits per heavy atom. The van der Waals surface area contributed by atoms with E-state index in [-0.39, 0.29) is 23.5 Å². The zero-order chi connectivity index (χ0) is 18.9. The monoisotopic (exact) mass is 372 g/mol. The molecule has 1 saturated carbocycles. The van der Waals surface area contributed by atoms with E-state index < -0.39 is 0 Å². The highest BCUT2D eigenvalue weighted by Gasteiger charge is 2.45. The normalized spacial score (nSPS) is 24.0. The molecule has 1 aromatic rings. The molecule has 0 aromatic heterocycles. The third-order valence-corrected chi connectivity index (χ3v) is 6.04. The number of para-hydroxylation sites is 1. The van der Waals surface area contributed by atoms with Gasteiger partial charge in [0.1, 0.15) is 11.8 Å². The molecule has 1 aromatic carbocycles. The molecule has 0 radical (unpaired) electrons. The van der Waals surface area contributed by atoms with E-state index in [9.17, 15) is 9.59 Å². The molecule has 0 bridgehead atoms. The van der Waals surface area contributed by atoms with Crippen molar-refractivity contribution in [2.24, 2.45) is 0 Å². The van der Waals surface area contributed by atoms with Gasteiger partial charge in [-0.15, -0.1) is 0 Å². The summed E-state index contributed by atoms with van der Waals surface area (Å²) in [6.07, 6.45) is 4.82. The average Bonchev–Trinajstić information content (AvgIpc) is 3.16. The van der Waals surface area contributed by atoms with Crippen LogP contribution in [0.2, 0.25) is 0 Å². The zero-order valence-electron chi connectivity index (χ0n) is 16.0. The first-order chi connectivity index (χ1) is 13.1. The van der Waals surface area contributed by atoms with Gasteiger partial charge in [-0.2, -0.15) is 0 Å². The van der Waals surface area contributed by atoms with Crippen LogP contribution in [-0.4, -0.2) is 66.1 Å². The summed E-state index contributed by atoms with van der Waals surface area (Å²) < 4.78 is 11.6. The van der Waals surface area contributed by atoms with Crippen molar-refractivity contribution in [1.29, 1.82) is 0 Å². The Hall–Kier alpha value is -2.08. The van der Waals surface area contributed by atoms with Crippen LogP contribution < -0.4 is 4.74 Å². The molecule has 1 spiro atoms. The fraction of sp³-hybridized carbons (Fsp3) is 0.619. The minimum Gasteiger partial charge on any atom is -0.493 e. The van der Waals surface area contributed by atoms with E-state index in [4.69, 9.17) is 9.47 Å². The van der Waals surface area contributed by atoms with Crippen LogP contribution in [0.25, 0.3) is 0 Å². The maximum atomic E-state index is 13.2. The van der Waals surface area contributed by atoms with Gasteiger partial charge in [-0.25, -0.2) is 0 Å². The molecule has 3 aliphatic rings. The number of amides is 2. The lowest BCUT2D eigenvalue weighted by Crippen LogP contribution is -2.60. The van der Waals surface area contributed by atoms with Gasteiger partial charge in [0, 0.05) is 19.6 Å². The van der Waals surface area contributed by atoms with Crippen LogP contribution in [0.4, 0.5) is 0 Å². The van der Waals surface area contributed by atoms with Gasteiger partial charge in [-0.1, -0.05) is 12.1 Å². The van der Waals surface area contributed by atoms with E-state index in [1.807, 2.05) is 30.0 Å². The van der Waals surface area contributed by atoms with Crippen molar-refractivity contribution < 1.29 is 19.1 Å². The first kappa shape index (κ1) is 18.3. The Morgan fingerprint density at radius 1 is 1.22 bits per heavy atom. The second-order valence-electron chi connectivity index (χ2n) is 7.73. The average molecular weight is 372 g/mol. The van der Waals surface area contributed by atoms with Gasteiger partial charge in [0.15, 0.2) is 0 Å². The number of rotatable bonds is 4.